The van der Waals surface area contributed by atoms with Gasteiger partial charge in [0.05, 0.1) is 4.90 Å². The van der Waals surface area contributed by atoms with Crippen LogP contribution in [0.2, 0.25) is 0 Å². The van der Waals surface area contributed by atoms with Crippen LogP contribution in [0.25, 0.3) is 11.1 Å². The summed E-state index contributed by atoms with van der Waals surface area (Å²) in [4.78, 5) is 0.0607. The molecule has 0 aromatic heterocycles. The highest BCUT2D eigenvalue weighted by Crippen LogP contribution is 2.56. The normalized spacial score (nSPS) is 18.8. The highest BCUT2D eigenvalue weighted by atomic mass is 32.2. The summed E-state index contributed by atoms with van der Waals surface area (Å²) in [5.74, 6) is 0.248. The van der Waals surface area contributed by atoms with Crippen LogP contribution in [0.3, 0.4) is 0 Å². The third kappa shape index (κ3) is 2.66. The second kappa shape index (κ2) is 5.79. The van der Waals surface area contributed by atoms with Crippen LogP contribution >= 0.6 is 0 Å². The fourth-order valence-corrected chi connectivity index (χ4v) is 4.21. The van der Waals surface area contributed by atoms with Crippen molar-refractivity contribution in [1.29, 1.82) is 0 Å². The number of sulfonamides is 1. The van der Waals surface area contributed by atoms with Crippen LogP contribution in [-0.2, 0) is 14.8 Å². The summed E-state index contributed by atoms with van der Waals surface area (Å²) in [7, 11) is -3.75. The van der Waals surface area contributed by atoms with Gasteiger partial charge in [0.2, 0.25) is 10.0 Å². The summed E-state index contributed by atoms with van der Waals surface area (Å²) < 4.78 is 42.5. The molecule has 1 fully saturated rings. The SMILES string of the molecule is C=C1OC2(CCC2)C(c2ccc(S(N)(=O)=O)cc2)=C1c1ccc(F)cc1. The van der Waals surface area contributed by atoms with Crippen molar-refractivity contribution in [1.82, 2.24) is 0 Å². The van der Waals surface area contributed by atoms with Crippen LogP contribution in [0.15, 0.2) is 65.8 Å². The average Bonchev–Trinajstić information content (AvgIpc) is 2.89. The molecule has 4 nitrogen and oxygen atoms in total. The zero-order chi connectivity index (χ0) is 18.5. The molecule has 0 saturated heterocycles. The summed E-state index contributed by atoms with van der Waals surface area (Å²) in [5, 5.41) is 5.19. The standard InChI is InChI=1S/C20H18FNO3S/c1-13-18(14-3-7-16(21)8-4-14)19(20(25-13)11-2-12-20)15-5-9-17(10-6-15)26(22,23)24/h3-10H,1-2,11-12H2,(H2,22,23,24). The number of ether oxygens (including phenoxy) is 1. The molecule has 6 heteroatoms. The lowest BCUT2D eigenvalue weighted by atomic mass is 9.71. The first-order chi connectivity index (χ1) is 12.3. The Morgan fingerprint density at radius 3 is 2.08 bits per heavy atom. The smallest absolute Gasteiger partial charge is 0.238 e. The van der Waals surface area contributed by atoms with Gasteiger partial charge in [0, 0.05) is 11.1 Å². The van der Waals surface area contributed by atoms with Crippen molar-refractivity contribution in [2.75, 3.05) is 0 Å². The third-order valence-corrected chi connectivity index (χ3v) is 6.00. The predicted octanol–water partition coefficient (Wildman–Crippen LogP) is 3.85. The van der Waals surface area contributed by atoms with Crippen LogP contribution in [0.5, 0.6) is 0 Å². The third-order valence-electron chi connectivity index (χ3n) is 5.07. The minimum absolute atomic E-state index is 0.0607. The van der Waals surface area contributed by atoms with Crippen LogP contribution in [0.4, 0.5) is 4.39 Å². The number of primary sulfonamides is 1. The molecule has 4 rings (SSSR count). The quantitative estimate of drug-likeness (QED) is 0.891. The molecule has 1 spiro atoms. The Balaban J connectivity index is 1.90. The van der Waals surface area contributed by atoms with E-state index in [0.717, 1.165) is 41.5 Å². The maximum absolute atomic E-state index is 13.3. The zero-order valence-corrected chi connectivity index (χ0v) is 14.9. The molecule has 134 valence electrons. The van der Waals surface area contributed by atoms with Crippen molar-refractivity contribution in [3.63, 3.8) is 0 Å². The van der Waals surface area contributed by atoms with Gasteiger partial charge >= 0.3 is 0 Å². The Labute approximate surface area is 151 Å². The fourth-order valence-electron chi connectivity index (χ4n) is 3.70. The van der Waals surface area contributed by atoms with Gasteiger partial charge in [-0.05, 0) is 54.7 Å². The number of nitrogens with two attached hydrogens (primary N) is 1. The first-order valence-corrected chi connectivity index (χ1v) is 9.87. The molecular formula is C20H18FNO3S. The van der Waals surface area contributed by atoms with Crippen molar-refractivity contribution < 1.29 is 17.5 Å². The fraction of sp³-hybridized carbons (Fsp3) is 0.200. The number of rotatable bonds is 3. The highest BCUT2D eigenvalue weighted by Gasteiger charge is 2.50. The molecule has 2 aliphatic rings. The van der Waals surface area contributed by atoms with Gasteiger partial charge in [0.25, 0.3) is 0 Å². The lowest BCUT2D eigenvalue weighted by Gasteiger charge is -2.40. The lowest BCUT2D eigenvalue weighted by molar-refractivity contribution is 0.00803. The van der Waals surface area contributed by atoms with E-state index in [9.17, 15) is 12.8 Å². The number of hydrogen-bond acceptors (Lipinski definition) is 3. The van der Waals surface area contributed by atoms with E-state index in [1.54, 1.807) is 24.3 Å². The molecule has 2 aromatic carbocycles. The molecule has 1 aliphatic carbocycles. The Kier molecular flexibility index (Phi) is 3.78. The molecule has 2 N–H and O–H groups in total. The Bertz CT molecular complexity index is 1020. The van der Waals surface area contributed by atoms with E-state index in [4.69, 9.17) is 9.88 Å². The van der Waals surface area contributed by atoms with Crippen molar-refractivity contribution in [2.24, 2.45) is 5.14 Å². The highest BCUT2D eigenvalue weighted by molar-refractivity contribution is 7.89. The summed E-state index contributed by atoms with van der Waals surface area (Å²) in [6.45, 7) is 4.05. The van der Waals surface area contributed by atoms with Gasteiger partial charge in [0.15, 0.2) is 0 Å². The summed E-state index contributed by atoms with van der Waals surface area (Å²) in [6.07, 6.45) is 2.77. The molecular weight excluding hydrogens is 353 g/mol. The van der Waals surface area contributed by atoms with Gasteiger partial charge in [-0.15, -0.1) is 0 Å². The molecule has 0 unspecified atom stereocenters. The van der Waals surface area contributed by atoms with Gasteiger partial charge in [-0.2, -0.15) is 0 Å². The molecule has 1 aliphatic heterocycles. The first-order valence-electron chi connectivity index (χ1n) is 8.32. The molecule has 0 atom stereocenters. The van der Waals surface area contributed by atoms with Gasteiger partial charge in [0.1, 0.15) is 17.2 Å². The van der Waals surface area contributed by atoms with Crippen molar-refractivity contribution in [3.05, 3.63) is 77.8 Å². The van der Waals surface area contributed by atoms with Crippen LogP contribution in [0, 0.1) is 5.82 Å². The van der Waals surface area contributed by atoms with E-state index < -0.39 is 15.6 Å². The van der Waals surface area contributed by atoms with Gasteiger partial charge in [-0.25, -0.2) is 17.9 Å². The molecule has 0 radical (unpaired) electrons. The topological polar surface area (TPSA) is 69.4 Å². The van der Waals surface area contributed by atoms with Crippen LogP contribution in [0.1, 0.15) is 30.4 Å². The second-order valence-corrected chi connectivity index (χ2v) is 8.26. The summed E-state index contributed by atoms with van der Waals surface area (Å²) in [5.41, 5.74) is 3.05. The number of benzene rings is 2. The molecule has 0 amide bonds. The second-order valence-electron chi connectivity index (χ2n) is 6.70. The number of hydrogen-bond donors (Lipinski definition) is 1. The van der Waals surface area contributed by atoms with Gasteiger partial charge < -0.3 is 4.74 Å². The maximum atomic E-state index is 13.3. The molecule has 1 heterocycles. The molecule has 1 saturated carbocycles. The Hall–Kier alpha value is -2.44. The van der Waals surface area contributed by atoms with Crippen LogP contribution in [-0.4, -0.2) is 14.0 Å². The molecule has 0 bridgehead atoms. The first kappa shape index (κ1) is 17.0. The minimum Gasteiger partial charge on any atom is -0.482 e. The monoisotopic (exact) mass is 371 g/mol. The molecule has 2 aromatic rings. The van der Waals surface area contributed by atoms with Gasteiger partial charge in [-0.1, -0.05) is 30.8 Å². The van der Waals surface area contributed by atoms with E-state index in [2.05, 4.69) is 6.58 Å². The van der Waals surface area contributed by atoms with E-state index in [-0.39, 0.29) is 10.7 Å². The van der Waals surface area contributed by atoms with E-state index >= 15 is 0 Å². The van der Waals surface area contributed by atoms with E-state index in [0.29, 0.717) is 5.76 Å². The van der Waals surface area contributed by atoms with E-state index in [1.165, 1.54) is 24.3 Å². The zero-order valence-electron chi connectivity index (χ0n) is 14.0. The van der Waals surface area contributed by atoms with E-state index in [1.807, 2.05) is 0 Å². The summed E-state index contributed by atoms with van der Waals surface area (Å²) in [6, 6.07) is 12.7. The summed E-state index contributed by atoms with van der Waals surface area (Å²) >= 11 is 0. The van der Waals surface area contributed by atoms with Crippen molar-refractivity contribution in [3.8, 4) is 0 Å². The average molecular weight is 371 g/mol. The molecule has 26 heavy (non-hydrogen) atoms. The number of halogens is 1. The Morgan fingerprint density at radius 2 is 1.58 bits per heavy atom. The predicted molar refractivity (Wildman–Crippen MR) is 97.8 cm³/mol. The largest absolute Gasteiger partial charge is 0.482 e. The number of allylic oxidation sites excluding steroid dienone is 1. The maximum Gasteiger partial charge on any atom is 0.238 e. The van der Waals surface area contributed by atoms with Crippen molar-refractivity contribution in [2.45, 2.75) is 29.8 Å². The van der Waals surface area contributed by atoms with Crippen molar-refractivity contribution >= 4 is 21.2 Å². The van der Waals surface area contributed by atoms with Gasteiger partial charge in [-0.3, -0.25) is 0 Å². The lowest BCUT2D eigenvalue weighted by Crippen LogP contribution is -2.38. The minimum atomic E-state index is -3.75. The Morgan fingerprint density at radius 1 is 1.00 bits per heavy atom. The van der Waals surface area contributed by atoms with Crippen LogP contribution < -0.4 is 5.14 Å².